The van der Waals surface area contributed by atoms with Gasteiger partial charge in [0.2, 0.25) is 11.8 Å². The summed E-state index contributed by atoms with van der Waals surface area (Å²) in [6.07, 6.45) is 0.970. The van der Waals surface area contributed by atoms with Crippen molar-refractivity contribution in [1.29, 1.82) is 0 Å². The molecule has 0 aliphatic heterocycles. The lowest BCUT2D eigenvalue weighted by molar-refractivity contribution is -0.118. The van der Waals surface area contributed by atoms with E-state index < -0.39 is 0 Å². The van der Waals surface area contributed by atoms with Crippen LogP contribution in [0.15, 0.2) is 33.9 Å². The van der Waals surface area contributed by atoms with Crippen LogP contribution in [0.2, 0.25) is 5.02 Å². The minimum Gasteiger partial charge on any atom is -0.411 e. The van der Waals surface area contributed by atoms with Gasteiger partial charge < -0.3 is 9.73 Å². The van der Waals surface area contributed by atoms with Crippen molar-refractivity contribution < 1.29 is 9.21 Å². The van der Waals surface area contributed by atoms with Gasteiger partial charge in [0.15, 0.2) is 0 Å². The number of nitrogens with zero attached hydrogens (tertiary/aromatic N) is 2. The number of halogens is 1. The first-order valence-electron chi connectivity index (χ1n) is 7.03. The second kappa shape index (κ2) is 8.19. The van der Waals surface area contributed by atoms with E-state index in [9.17, 15) is 4.79 Å². The summed E-state index contributed by atoms with van der Waals surface area (Å²) in [5.74, 6) is 1.22. The fourth-order valence-corrected chi connectivity index (χ4v) is 2.37. The van der Waals surface area contributed by atoms with E-state index in [2.05, 4.69) is 29.4 Å². The van der Waals surface area contributed by atoms with E-state index in [1.54, 1.807) is 12.1 Å². The van der Waals surface area contributed by atoms with Crippen molar-refractivity contribution in [3.63, 3.8) is 0 Å². The third-order valence-electron chi connectivity index (χ3n) is 2.87. The van der Waals surface area contributed by atoms with Gasteiger partial charge in [-0.2, -0.15) is 0 Å². The normalized spacial score (nSPS) is 10.9. The first kappa shape index (κ1) is 16.8. The predicted octanol–water partition coefficient (Wildman–Crippen LogP) is 3.64. The fraction of sp³-hybridized carbons (Fsp3) is 0.400. The van der Waals surface area contributed by atoms with Gasteiger partial charge in [0, 0.05) is 17.1 Å². The molecule has 22 heavy (non-hydrogen) atoms. The van der Waals surface area contributed by atoms with Gasteiger partial charge in [-0.3, -0.25) is 4.79 Å². The van der Waals surface area contributed by atoms with Crippen molar-refractivity contribution in [2.45, 2.75) is 25.5 Å². The quantitative estimate of drug-likeness (QED) is 0.780. The van der Waals surface area contributed by atoms with Crippen molar-refractivity contribution in [2.24, 2.45) is 5.92 Å². The van der Waals surface area contributed by atoms with Gasteiger partial charge in [0.25, 0.3) is 5.22 Å². The molecule has 1 aromatic carbocycles. The zero-order valence-electron chi connectivity index (χ0n) is 12.5. The van der Waals surface area contributed by atoms with E-state index in [0.717, 1.165) is 12.0 Å². The van der Waals surface area contributed by atoms with Gasteiger partial charge in [-0.1, -0.05) is 37.2 Å². The second-order valence-corrected chi connectivity index (χ2v) is 6.56. The molecular formula is C15H18ClN3O2S. The zero-order chi connectivity index (χ0) is 15.9. The molecule has 1 amide bonds. The number of nitrogens with one attached hydrogen (secondary N) is 1. The molecule has 2 rings (SSSR count). The van der Waals surface area contributed by atoms with Crippen LogP contribution in [-0.2, 0) is 4.79 Å². The number of aromatic nitrogens is 2. The topological polar surface area (TPSA) is 68.0 Å². The highest BCUT2D eigenvalue weighted by molar-refractivity contribution is 7.99. The minimum atomic E-state index is -0.0307. The molecular weight excluding hydrogens is 322 g/mol. The Morgan fingerprint density at radius 1 is 1.32 bits per heavy atom. The SMILES string of the molecule is CC(C)CCNC(=O)CSc1nnc(-c2ccc(Cl)cc2)o1. The molecule has 0 radical (unpaired) electrons. The van der Waals surface area contributed by atoms with Crippen LogP contribution in [0.5, 0.6) is 0 Å². The summed E-state index contributed by atoms with van der Waals surface area (Å²) < 4.78 is 5.52. The van der Waals surface area contributed by atoms with Crippen molar-refractivity contribution in [1.82, 2.24) is 15.5 Å². The molecule has 0 fully saturated rings. The van der Waals surface area contributed by atoms with Gasteiger partial charge in [-0.25, -0.2) is 0 Å². The summed E-state index contributed by atoms with van der Waals surface area (Å²) in [7, 11) is 0. The van der Waals surface area contributed by atoms with Crippen LogP contribution < -0.4 is 5.32 Å². The highest BCUT2D eigenvalue weighted by atomic mass is 35.5. The summed E-state index contributed by atoms with van der Waals surface area (Å²) in [5, 5.41) is 11.8. The zero-order valence-corrected chi connectivity index (χ0v) is 14.1. The largest absolute Gasteiger partial charge is 0.411 e. The van der Waals surface area contributed by atoms with Crippen LogP contribution >= 0.6 is 23.4 Å². The molecule has 0 spiro atoms. The van der Waals surface area contributed by atoms with Gasteiger partial charge in [-0.15, -0.1) is 10.2 Å². The Hall–Kier alpha value is -1.53. The standard InChI is InChI=1S/C15H18ClN3O2S/c1-10(2)7-8-17-13(20)9-22-15-19-18-14(21-15)11-3-5-12(16)6-4-11/h3-6,10H,7-9H2,1-2H3,(H,17,20). The van der Waals surface area contributed by atoms with Gasteiger partial charge in [0.1, 0.15) is 0 Å². The maximum Gasteiger partial charge on any atom is 0.277 e. The summed E-state index contributed by atoms with van der Waals surface area (Å²) in [5.41, 5.74) is 0.796. The Morgan fingerprint density at radius 2 is 2.05 bits per heavy atom. The van der Waals surface area contributed by atoms with E-state index >= 15 is 0 Å². The van der Waals surface area contributed by atoms with E-state index in [-0.39, 0.29) is 11.7 Å². The molecule has 0 unspecified atom stereocenters. The number of thioether (sulfide) groups is 1. The lowest BCUT2D eigenvalue weighted by atomic mass is 10.1. The van der Waals surface area contributed by atoms with Crippen LogP contribution in [0.25, 0.3) is 11.5 Å². The second-order valence-electron chi connectivity index (χ2n) is 5.20. The summed E-state index contributed by atoms with van der Waals surface area (Å²) in [4.78, 5) is 11.7. The van der Waals surface area contributed by atoms with Crippen molar-refractivity contribution in [3.05, 3.63) is 29.3 Å². The number of amides is 1. The molecule has 5 nitrogen and oxygen atoms in total. The van der Waals surface area contributed by atoms with Crippen LogP contribution in [0.3, 0.4) is 0 Å². The van der Waals surface area contributed by atoms with Crippen molar-refractivity contribution in [2.75, 3.05) is 12.3 Å². The Labute approximate surface area is 138 Å². The Morgan fingerprint density at radius 3 is 2.73 bits per heavy atom. The van der Waals surface area contributed by atoms with E-state index in [1.165, 1.54) is 11.8 Å². The molecule has 0 aliphatic carbocycles. The first-order valence-corrected chi connectivity index (χ1v) is 8.40. The molecule has 1 heterocycles. The number of benzene rings is 1. The molecule has 1 aromatic heterocycles. The molecule has 0 saturated heterocycles. The predicted molar refractivity (Wildman–Crippen MR) is 87.9 cm³/mol. The van der Waals surface area contributed by atoms with Gasteiger partial charge >= 0.3 is 0 Å². The van der Waals surface area contributed by atoms with E-state index in [0.29, 0.717) is 28.6 Å². The maximum absolute atomic E-state index is 11.7. The summed E-state index contributed by atoms with van der Waals surface area (Å²) in [6.45, 7) is 4.94. The number of hydrogen-bond acceptors (Lipinski definition) is 5. The molecule has 0 saturated carbocycles. The molecule has 0 aliphatic rings. The third-order valence-corrected chi connectivity index (χ3v) is 3.94. The third kappa shape index (κ3) is 5.35. The Kier molecular flexibility index (Phi) is 6.27. The number of rotatable bonds is 7. The molecule has 1 N–H and O–H groups in total. The number of carbonyl (C=O) groups is 1. The lowest BCUT2D eigenvalue weighted by Gasteiger charge is -2.05. The molecule has 118 valence electrons. The monoisotopic (exact) mass is 339 g/mol. The van der Waals surface area contributed by atoms with Crippen molar-refractivity contribution in [3.8, 4) is 11.5 Å². The number of hydrogen-bond donors (Lipinski definition) is 1. The molecule has 7 heteroatoms. The average molecular weight is 340 g/mol. The number of carbonyl (C=O) groups excluding carboxylic acids is 1. The van der Waals surface area contributed by atoms with E-state index in [1.807, 2.05) is 12.1 Å². The van der Waals surface area contributed by atoms with Crippen LogP contribution in [-0.4, -0.2) is 28.4 Å². The van der Waals surface area contributed by atoms with Crippen molar-refractivity contribution >= 4 is 29.3 Å². The highest BCUT2D eigenvalue weighted by Gasteiger charge is 2.11. The Balaban J connectivity index is 1.82. The molecule has 2 aromatic rings. The summed E-state index contributed by atoms with van der Waals surface area (Å²) >= 11 is 7.06. The Bertz CT molecular complexity index is 614. The van der Waals surface area contributed by atoms with Crippen LogP contribution in [0.1, 0.15) is 20.3 Å². The maximum atomic E-state index is 11.7. The minimum absolute atomic E-state index is 0.0307. The molecule has 0 atom stereocenters. The lowest BCUT2D eigenvalue weighted by Crippen LogP contribution is -2.26. The van der Waals surface area contributed by atoms with Crippen LogP contribution in [0, 0.1) is 5.92 Å². The smallest absolute Gasteiger partial charge is 0.277 e. The molecule has 0 bridgehead atoms. The van der Waals surface area contributed by atoms with E-state index in [4.69, 9.17) is 16.0 Å². The average Bonchev–Trinajstić information content (AvgIpc) is 2.94. The summed E-state index contributed by atoms with van der Waals surface area (Å²) in [6, 6.07) is 7.14. The fourth-order valence-electron chi connectivity index (χ4n) is 1.66. The highest BCUT2D eigenvalue weighted by Crippen LogP contribution is 2.24. The first-order chi connectivity index (χ1) is 10.5. The van der Waals surface area contributed by atoms with Gasteiger partial charge in [-0.05, 0) is 36.6 Å². The van der Waals surface area contributed by atoms with Gasteiger partial charge in [0.05, 0.1) is 5.75 Å². The van der Waals surface area contributed by atoms with Crippen LogP contribution in [0.4, 0.5) is 0 Å².